The number of aromatic nitrogens is 1. The van der Waals surface area contributed by atoms with E-state index in [4.69, 9.17) is 5.73 Å². The third-order valence-electron chi connectivity index (χ3n) is 3.01. The van der Waals surface area contributed by atoms with Crippen molar-refractivity contribution in [1.82, 2.24) is 10.3 Å². The van der Waals surface area contributed by atoms with Gasteiger partial charge in [-0.2, -0.15) is 0 Å². The van der Waals surface area contributed by atoms with E-state index in [0.29, 0.717) is 11.9 Å². The second kappa shape index (κ2) is 7.92. The van der Waals surface area contributed by atoms with Crippen molar-refractivity contribution in [2.75, 3.05) is 18.0 Å². The van der Waals surface area contributed by atoms with Crippen molar-refractivity contribution < 1.29 is 0 Å². The van der Waals surface area contributed by atoms with Crippen LogP contribution in [0, 0.1) is 0 Å². The number of likely N-dealkylation sites (N-methyl/N-ethyl adjacent to an activating group) is 1. The maximum Gasteiger partial charge on any atom is 0.123 e. The van der Waals surface area contributed by atoms with Gasteiger partial charge in [0.2, 0.25) is 0 Å². The number of benzene rings is 1. The highest BCUT2D eigenvalue weighted by molar-refractivity contribution is 7.99. The Kier molecular flexibility index (Phi) is 5.89. The molecular weight excluding hydrogens is 266 g/mol. The van der Waals surface area contributed by atoms with Gasteiger partial charge in [-0.1, -0.05) is 25.1 Å². The van der Waals surface area contributed by atoms with E-state index in [9.17, 15) is 0 Å². The number of rotatable bonds is 7. The van der Waals surface area contributed by atoms with E-state index < -0.39 is 0 Å². The third-order valence-corrected chi connectivity index (χ3v) is 4.19. The molecule has 1 heterocycles. The van der Waals surface area contributed by atoms with Crippen LogP contribution in [-0.2, 0) is 6.42 Å². The van der Waals surface area contributed by atoms with Gasteiger partial charge in [-0.3, -0.25) is 0 Å². The summed E-state index contributed by atoms with van der Waals surface area (Å²) < 4.78 is 0. The molecular formula is C16H21N3S. The quantitative estimate of drug-likeness (QED) is 0.769. The normalized spacial score (nSPS) is 12.2. The average Bonchev–Trinajstić information content (AvgIpc) is 2.46. The maximum atomic E-state index is 5.74. The highest BCUT2D eigenvalue weighted by atomic mass is 32.2. The highest BCUT2D eigenvalue weighted by Crippen LogP contribution is 2.19. The molecule has 0 spiro atoms. The molecule has 0 fully saturated rings. The molecule has 0 saturated carbocycles. The Bertz CT molecular complexity index is 516. The van der Waals surface area contributed by atoms with E-state index in [1.807, 2.05) is 30.0 Å². The Hall–Kier alpha value is -1.52. The summed E-state index contributed by atoms with van der Waals surface area (Å²) in [4.78, 5) is 5.35. The molecule has 0 aliphatic carbocycles. The van der Waals surface area contributed by atoms with E-state index in [1.54, 1.807) is 6.20 Å². The van der Waals surface area contributed by atoms with E-state index in [0.717, 1.165) is 18.7 Å². The molecule has 1 unspecified atom stereocenters. The van der Waals surface area contributed by atoms with E-state index in [1.165, 1.54) is 10.5 Å². The Morgan fingerprint density at radius 3 is 2.75 bits per heavy atom. The van der Waals surface area contributed by atoms with E-state index in [2.05, 4.69) is 41.5 Å². The number of anilines is 1. The van der Waals surface area contributed by atoms with Crippen LogP contribution in [0.3, 0.4) is 0 Å². The van der Waals surface area contributed by atoms with Crippen molar-refractivity contribution in [3.63, 3.8) is 0 Å². The Morgan fingerprint density at radius 2 is 2.05 bits per heavy atom. The first-order valence-corrected chi connectivity index (χ1v) is 7.88. The van der Waals surface area contributed by atoms with Crippen LogP contribution < -0.4 is 11.1 Å². The zero-order chi connectivity index (χ0) is 14.2. The first kappa shape index (κ1) is 14.9. The molecule has 0 aliphatic rings. The first-order chi connectivity index (χ1) is 9.78. The SMILES string of the molecule is CCNC(CSc1ccccc1)Cc1ccnc(N)c1. The second-order valence-electron chi connectivity index (χ2n) is 4.67. The largest absolute Gasteiger partial charge is 0.384 e. The summed E-state index contributed by atoms with van der Waals surface area (Å²) in [7, 11) is 0. The molecule has 0 radical (unpaired) electrons. The van der Waals surface area contributed by atoms with Crippen molar-refractivity contribution in [2.24, 2.45) is 0 Å². The summed E-state index contributed by atoms with van der Waals surface area (Å²) >= 11 is 1.88. The molecule has 3 nitrogen and oxygen atoms in total. The van der Waals surface area contributed by atoms with Gasteiger partial charge in [-0.15, -0.1) is 11.8 Å². The lowest BCUT2D eigenvalue weighted by atomic mass is 10.1. The van der Waals surface area contributed by atoms with E-state index >= 15 is 0 Å². The van der Waals surface area contributed by atoms with Gasteiger partial charge in [0, 0.05) is 22.9 Å². The van der Waals surface area contributed by atoms with Crippen molar-refractivity contribution in [1.29, 1.82) is 0 Å². The number of nitrogens with two attached hydrogens (primary N) is 1. The topological polar surface area (TPSA) is 50.9 Å². The molecule has 4 heteroatoms. The monoisotopic (exact) mass is 287 g/mol. The third kappa shape index (κ3) is 4.87. The summed E-state index contributed by atoms with van der Waals surface area (Å²) in [6, 6.07) is 14.9. The van der Waals surface area contributed by atoms with Gasteiger partial charge in [0.1, 0.15) is 5.82 Å². The van der Waals surface area contributed by atoms with Crippen LogP contribution in [0.15, 0.2) is 53.6 Å². The number of hydrogen-bond acceptors (Lipinski definition) is 4. The molecule has 20 heavy (non-hydrogen) atoms. The Balaban J connectivity index is 1.93. The predicted molar refractivity (Wildman–Crippen MR) is 87.0 cm³/mol. The lowest BCUT2D eigenvalue weighted by molar-refractivity contribution is 0.572. The van der Waals surface area contributed by atoms with Gasteiger partial charge in [-0.25, -0.2) is 4.98 Å². The van der Waals surface area contributed by atoms with Crippen molar-refractivity contribution >= 4 is 17.6 Å². The first-order valence-electron chi connectivity index (χ1n) is 6.89. The van der Waals surface area contributed by atoms with Crippen molar-refractivity contribution in [3.05, 3.63) is 54.2 Å². The van der Waals surface area contributed by atoms with Gasteiger partial charge >= 0.3 is 0 Å². The van der Waals surface area contributed by atoms with Crippen LogP contribution in [0.1, 0.15) is 12.5 Å². The predicted octanol–water partition coefficient (Wildman–Crippen LogP) is 2.98. The fraction of sp³-hybridized carbons (Fsp3) is 0.312. The minimum absolute atomic E-state index is 0.437. The number of hydrogen-bond donors (Lipinski definition) is 2. The standard InChI is InChI=1S/C16H21N3S/c1-2-18-14(10-13-8-9-19-16(17)11-13)12-20-15-6-4-3-5-7-15/h3-9,11,14,18H,2,10,12H2,1H3,(H2,17,19). The van der Waals surface area contributed by atoms with Gasteiger partial charge in [-0.05, 0) is 42.8 Å². The summed E-state index contributed by atoms with van der Waals surface area (Å²) in [5, 5.41) is 3.54. The van der Waals surface area contributed by atoms with Crippen LogP contribution in [0.5, 0.6) is 0 Å². The summed E-state index contributed by atoms with van der Waals surface area (Å²) in [5.41, 5.74) is 6.97. The molecule has 1 aromatic carbocycles. The second-order valence-corrected chi connectivity index (χ2v) is 5.77. The minimum atomic E-state index is 0.437. The zero-order valence-corrected chi connectivity index (χ0v) is 12.6. The molecule has 2 aromatic rings. The molecule has 2 rings (SSSR count). The van der Waals surface area contributed by atoms with Crippen LogP contribution in [0.4, 0.5) is 5.82 Å². The number of thioether (sulfide) groups is 1. The molecule has 106 valence electrons. The van der Waals surface area contributed by atoms with Crippen molar-refractivity contribution in [2.45, 2.75) is 24.3 Å². The summed E-state index contributed by atoms with van der Waals surface area (Å²) in [6.45, 7) is 3.11. The number of nitrogens with zero attached hydrogens (tertiary/aromatic N) is 1. The zero-order valence-electron chi connectivity index (χ0n) is 11.8. The molecule has 1 atom stereocenters. The number of nitrogens with one attached hydrogen (secondary N) is 1. The summed E-state index contributed by atoms with van der Waals surface area (Å²) in [5.74, 6) is 1.63. The summed E-state index contributed by atoms with van der Waals surface area (Å²) in [6.07, 6.45) is 2.75. The lowest BCUT2D eigenvalue weighted by Crippen LogP contribution is -2.33. The molecule has 0 aliphatic heterocycles. The van der Waals surface area contributed by atoms with Gasteiger partial charge in [0.15, 0.2) is 0 Å². The number of pyridine rings is 1. The smallest absolute Gasteiger partial charge is 0.123 e. The van der Waals surface area contributed by atoms with Gasteiger partial charge in [0.05, 0.1) is 0 Å². The van der Waals surface area contributed by atoms with Crippen LogP contribution in [-0.4, -0.2) is 23.3 Å². The molecule has 0 bridgehead atoms. The Labute approximate surface area is 125 Å². The van der Waals surface area contributed by atoms with E-state index in [-0.39, 0.29) is 0 Å². The fourth-order valence-electron chi connectivity index (χ4n) is 2.10. The molecule has 1 aromatic heterocycles. The molecule has 0 saturated heterocycles. The number of nitrogen functional groups attached to an aromatic ring is 1. The van der Waals surface area contributed by atoms with Crippen LogP contribution >= 0.6 is 11.8 Å². The van der Waals surface area contributed by atoms with Crippen molar-refractivity contribution in [3.8, 4) is 0 Å². The van der Waals surface area contributed by atoms with Crippen LogP contribution in [0.2, 0.25) is 0 Å². The molecule has 0 amide bonds. The Morgan fingerprint density at radius 1 is 1.25 bits per heavy atom. The maximum absolute atomic E-state index is 5.74. The average molecular weight is 287 g/mol. The van der Waals surface area contributed by atoms with Crippen LogP contribution in [0.25, 0.3) is 0 Å². The van der Waals surface area contributed by atoms with Gasteiger partial charge < -0.3 is 11.1 Å². The lowest BCUT2D eigenvalue weighted by Gasteiger charge is -2.17. The minimum Gasteiger partial charge on any atom is -0.384 e. The van der Waals surface area contributed by atoms with Gasteiger partial charge in [0.25, 0.3) is 0 Å². The fourth-order valence-corrected chi connectivity index (χ4v) is 3.08. The molecule has 3 N–H and O–H groups in total. The highest BCUT2D eigenvalue weighted by Gasteiger charge is 2.09.